The third-order valence-corrected chi connectivity index (χ3v) is 8.70. The Labute approximate surface area is 225 Å². The fourth-order valence-electron chi connectivity index (χ4n) is 5.95. The first-order valence-corrected chi connectivity index (χ1v) is 13.9. The number of benzene rings is 1. The van der Waals surface area contributed by atoms with Crippen molar-refractivity contribution in [1.29, 1.82) is 0 Å². The topological polar surface area (TPSA) is 68.4 Å². The average molecular weight is 560 g/mol. The molecule has 1 saturated carbocycles. The Kier molecular flexibility index (Phi) is 9.10. The number of halogens is 1. The van der Waals surface area contributed by atoms with Gasteiger partial charge >= 0.3 is 0 Å². The van der Waals surface area contributed by atoms with E-state index in [1.54, 1.807) is 0 Å². The van der Waals surface area contributed by atoms with Gasteiger partial charge in [-0.05, 0) is 117 Å². The molecular formula is C29H43BrN4O2. The molecule has 2 aromatic rings. The van der Waals surface area contributed by atoms with Crippen LogP contribution in [0, 0.1) is 26.7 Å². The van der Waals surface area contributed by atoms with Crippen LogP contribution in [0.15, 0.2) is 27.5 Å². The minimum atomic E-state index is -0.172. The van der Waals surface area contributed by atoms with Gasteiger partial charge in [-0.3, -0.25) is 9.59 Å². The molecule has 1 aromatic heterocycles. The second-order valence-electron chi connectivity index (χ2n) is 11.1. The summed E-state index contributed by atoms with van der Waals surface area (Å²) in [7, 11) is 4.37. The van der Waals surface area contributed by atoms with Crippen LogP contribution >= 0.6 is 15.9 Å². The summed E-state index contributed by atoms with van der Waals surface area (Å²) in [5, 5.41) is 2.98. The van der Waals surface area contributed by atoms with Gasteiger partial charge in [-0.1, -0.05) is 15.9 Å². The summed E-state index contributed by atoms with van der Waals surface area (Å²) < 4.78 is 0.878. The summed E-state index contributed by atoms with van der Waals surface area (Å²) in [6.45, 7) is 13.7. The number of nitrogens with zero attached hydrogens (tertiary/aromatic N) is 2. The van der Waals surface area contributed by atoms with Crippen LogP contribution in [0.1, 0.15) is 79.2 Å². The van der Waals surface area contributed by atoms with Crippen molar-refractivity contribution in [3.63, 3.8) is 0 Å². The van der Waals surface area contributed by atoms with Crippen molar-refractivity contribution in [3.05, 3.63) is 61.0 Å². The summed E-state index contributed by atoms with van der Waals surface area (Å²) >= 11 is 3.66. The molecule has 0 atom stereocenters. The second kappa shape index (κ2) is 11.5. The molecule has 1 aliphatic carbocycles. The zero-order valence-corrected chi connectivity index (χ0v) is 24.8. The van der Waals surface area contributed by atoms with Gasteiger partial charge in [0, 0.05) is 51.7 Å². The predicted molar refractivity (Wildman–Crippen MR) is 153 cm³/mol. The first kappa shape index (κ1) is 28.5. The summed E-state index contributed by atoms with van der Waals surface area (Å²) in [6, 6.07) is 6.61. The van der Waals surface area contributed by atoms with Crippen LogP contribution in [-0.4, -0.2) is 48.0 Å². The van der Waals surface area contributed by atoms with Crippen molar-refractivity contribution < 1.29 is 4.79 Å². The first-order valence-electron chi connectivity index (χ1n) is 13.1. The van der Waals surface area contributed by atoms with Gasteiger partial charge in [-0.25, -0.2) is 0 Å². The molecule has 1 fully saturated rings. The molecule has 7 heteroatoms. The zero-order chi connectivity index (χ0) is 26.8. The van der Waals surface area contributed by atoms with Crippen LogP contribution in [0.3, 0.4) is 0 Å². The summed E-state index contributed by atoms with van der Waals surface area (Å²) in [4.78, 5) is 33.4. The van der Waals surface area contributed by atoms with E-state index in [4.69, 9.17) is 0 Å². The number of carbonyl (C=O) groups excluding carboxylic acids is 1. The molecule has 0 saturated heterocycles. The van der Waals surface area contributed by atoms with E-state index in [0.29, 0.717) is 23.1 Å². The van der Waals surface area contributed by atoms with Gasteiger partial charge in [0.15, 0.2) is 0 Å². The van der Waals surface area contributed by atoms with Crippen LogP contribution in [0.25, 0.3) is 0 Å². The minimum absolute atomic E-state index is 0.0440. The van der Waals surface area contributed by atoms with E-state index in [1.165, 1.54) is 25.7 Å². The van der Waals surface area contributed by atoms with Gasteiger partial charge in [0.2, 0.25) is 0 Å². The quantitative estimate of drug-likeness (QED) is 0.434. The van der Waals surface area contributed by atoms with E-state index in [-0.39, 0.29) is 23.6 Å². The fourth-order valence-corrected chi connectivity index (χ4v) is 6.40. The zero-order valence-electron chi connectivity index (χ0n) is 23.2. The number of amides is 1. The van der Waals surface area contributed by atoms with E-state index >= 15 is 0 Å². The highest BCUT2D eigenvalue weighted by Crippen LogP contribution is 2.41. The van der Waals surface area contributed by atoms with Gasteiger partial charge in [0.1, 0.15) is 0 Å². The number of H-pyrrole nitrogens is 1. The molecule has 36 heavy (non-hydrogen) atoms. The van der Waals surface area contributed by atoms with Crippen LogP contribution in [-0.2, 0) is 6.54 Å². The Balaban J connectivity index is 1.86. The van der Waals surface area contributed by atoms with Crippen molar-refractivity contribution in [2.24, 2.45) is 5.92 Å². The normalized spacial score (nSPS) is 18.4. The summed E-state index contributed by atoms with van der Waals surface area (Å²) in [5.74, 6) is 0.412. The molecule has 0 aliphatic heterocycles. The standard InChI is InChI=1S/C29H43BrN4O2/c1-9-34(29(5,6)21-10-12-23(13-11-21)33(7)8)26-16-22(30)15-24(20(26)4)27(35)31-17-25-18(2)14-19(3)32-28(25)36/h14-16,21,23H,9-13,17H2,1-8H3,(H,31,35)(H,32,36). The Bertz CT molecular complexity index is 1150. The Morgan fingerprint density at radius 2 is 1.75 bits per heavy atom. The number of carbonyl (C=O) groups is 1. The van der Waals surface area contributed by atoms with Gasteiger partial charge in [0.25, 0.3) is 11.5 Å². The molecule has 0 spiro atoms. The maximum absolute atomic E-state index is 13.3. The lowest BCUT2D eigenvalue weighted by molar-refractivity contribution is 0.0950. The fraction of sp³-hybridized carbons (Fsp3) is 0.586. The molecule has 0 radical (unpaired) electrons. The highest BCUT2D eigenvalue weighted by atomic mass is 79.9. The van der Waals surface area contributed by atoms with E-state index in [1.807, 2.05) is 32.9 Å². The molecule has 2 N–H and O–H groups in total. The van der Waals surface area contributed by atoms with Crippen LogP contribution in [0.5, 0.6) is 0 Å². The SMILES string of the molecule is CCN(c1cc(Br)cc(C(=O)NCc2c(C)cc(C)[nH]c2=O)c1C)C(C)(C)C1CCC(N(C)C)CC1. The van der Waals surface area contributed by atoms with Crippen LogP contribution in [0.2, 0.25) is 0 Å². The van der Waals surface area contributed by atoms with Crippen LogP contribution in [0.4, 0.5) is 5.69 Å². The van der Waals surface area contributed by atoms with Gasteiger partial charge in [0.05, 0.1) is 0 Å². The molecule has 0 bridgehead atoms. The molecule has 1 aromatic carbocycles. The van der Waals surface area contributed by atoms with Crippen molar-refractivity contribution in [1.82, 2.24) is 15.2 Å². The average Bonchev–Trinajstić information content (AvgIpc) is 2.80. The Morgan fingerprint density at radius 1 is 1.11 bits per heavy atom. The molecule has 6 nitrogen and oxygen atoms in total. The largest absolute Gasteiger partial charge is 0.366 e. The smallest absolute Gasteiger partial charge is 0.253 e. The number of aryl methyl sites for hydroxylation is 2. The molecule has 3 rings (SSSR count). The van der Waals surface area contributed by atoms with Crippen molar-refractivity contribution in [3.8, 4) is 0 Å². The first-order chi connectivity index (χ1) is 16.9. The number of hydrogen-bond acceptors (Lipinski definition) is 4. The Morgan fingerprint density at radius 3 is 2.31 bits per heavy atom. The highest BCUT2D eigenvalue weighted by Gasteiger charge is 2.38. The molecule has 1 amide bonds. The maximum Gasteiger partial charge on any atom is 0.253 e. The lowest BCUT2D eigenvalue weighted by Crippen LogP contribution is -2.52. The van der Waals surface area contributed by atoms with Gasteiger partial charge in [-0.15, -0.1) is 0 Å². The summed E-state index contributed by atoms with van der Waals surface area (Å²) in [5.41, 5.74) is 4.77. The minimum Gasteiger partial charge on any atom is -0.366 e. The van der Waals surface area contributed by atoms with Crippen molar-refractivity contribution >= 4 is 27.5 Å². The number of rotatable bonds is 8. The molecular weight excluding hydrogens is 516 g/mol. The van der Waals surface area contributed by atoms with Crippen molar-refractivity contribution in [2.45, 2.75) is 85.4 Å². The number of aromatic amines is 1. The second-order valence-corrected chi connectivity index (χ2v) is 12.0. The third-order valence-electron chi connectivity index (χ3n) is 8.24. The molecule has 1 heterocycles. The number of aromatic nitrogens is 1. The number of pyridine rings is 1. The van der Waals surface area contributed by atoms with E-state index in [2.05, 4.69) is 77.0 Å². The molecule has 0 unspecified atom stereocenters. The summed E-state index contributed by atoms with van der Waals surface area (Å²) in [6.07, 6.45) is 4.86. The lowest BCUT2D eigenvalue weighted by atomic mass is 9.73. The number of anilines is 1. The van der Waals surface area contributed by atoms with E-state index in [9.17, 15) is 9.59 Å². The maximum atomic E-state index is 13.3. The monoisotopic (exact) mass is 558 g/mol. The Hall–Kier alpha value is -2.12. The van der Waals surface area contributed by atoms with E-state index in [0.717, 1.165) is 33.5 Å². The van der Waals surface area contributed by atoms with Crippen molar-refractivity contribution in [2.75, 3.05) is 25.5 Å². The predicted octanol–water partition coefficient (Wildman–Crippen LogP) is 5.72. The highest BCUT2D eigenvalue weighted by molar-refractivity contribution is 9.10. The lowest BCUT2D eigenvalue weighted by Gasteiger charge is -2.49. The number of nitrogens with one attached hydrogen (secondary N) is 2. The van der Waals surface area contributed by atoms with Crippen LogP contribution < -0.4 is 15.8 Å². The van der Waals surface area contributed by atoms with Gasteiger partial charge in [-0.2, -0.15) is 0 Å². The molecule has 1 aliphatic rings. The third kappa shape index (κ3) is 6.05. The van der Waals surface area contributed by atoms with E-state index < -0.39 is 0 Å². The van der Waals surface area contributed by atoms with Gasteiger partial charge < -0.3 is 20.1 Å². The molecule has 198 valence electrons. The number of hydrogen-bond donors (Lipinski definition) is 2.